The first-order chi connectivity index (χ1) is 7.18. The van der Waals surface area contributed by atoms with Crippen molar-refractivity contribution in [2.75, 3.05) is 5.73 Å². The zero-order chi connectivity index (χ0) is 10.8. The van der Waals surface area contributed by atoms with Gasteiger partial charge in [-0.25, -0.2) is 9.37 Å². The maximum absolute atomic E-state index is 13.7. The van der Waals surface area contributed by atoms with E-state index in [9.17, 15) is 4.39 Å². The zero-order valence-electron chi connectivity index (χ0n) is 7.74. The summed E-state index contributed by atoms with van der Waals surface area (Å²) in [6, 6.07) is 10.2. The van der Waals surface area contributed by atoms with Gasteiger partial charge in [0.1, 0.15) is 11.6 Å². The largest absolute Gasteiger partial charge is 0.384 e. The van der Waals surface area contributed by atoms with Crippen LogP contribution in [0.3, 0.4) is 0 Å². The van der Waals surface area contributed by atoms with Crippen molar-refractivity contribution in [2.24, 2.45) is 0 Å². The molecule has 0 bridgehead atoms. The van der Waals surface area contributed by atoms with E-state index in [-0.39, 0.29) is 5.82 Å². The molecule has 0 amide bonds. The zero-order valence-corrected chi connectivity index (χ0v) is 9.33. The lowest BCUT2D eigenvalue weighted by atomic mass is 10.1. The van der Waals surface area contributed by atoms with E-state index >= 15 is 0 Å². The van der Waals surface area contributed by atoms with Crippen LogP contribution in [0.25, 0.3) is 11.3 Å². The summed E-state index contributed by atoms with van der Waals surface area (Å²) in [5, 5.41) is 0. The molecule has 2 nitrogen and oxygen atoms in total. The van der Waals surface area contributed by atoms with Crippen LogP contribution < -0.4 is 5.73 Å². The van der Waals surface area contributed by atoms with E-state index in [0.717, 1.165) is 0 Å². The summed E-state index contributed by atoms with van der Waals surface area (Å²) in [6.45, 7) is 0. The Labute approximate surface area is 95.1 Å². The summed E-state index contributed by atoms with van der Waals surface area (Å²) in [5.74, 6) is 0.0578. The maximum Gasteiger partial charge on any atom is 0.146 e. The topological polar surface area (TPSA) is 38.9 Å². The van der Waals surface area contributed by atoms with E-state index in [1.165, 1.54) is 0 Å². The van der Waals surface area contributed by atoms with Crippen LogP contribution in [0.2, 0.25) is 0 Å². The molecule has 2 rings (SSSR count). The summed E-state index contributed by atoms with van der Waals surface area (Å²) < 4.78 is 14.1. The average molecular weight is 267 g/mol. The van der Waals surface area contributed by atoms with Gasteiger partial charge >= 0.3 is 0 Å². The molecule has 1 heterocycles. The SMILES string of the molecule is Nc1cccc(-c2cccc(Br)c2F)n1. The summed E-state index contributed by atoms with van der Waals surface area (Å²) in [4.78, 5) is 4.06. The van der Waals surface area contributed by atoms with Gasteiger partial charge in [-0.05, 0) is 40.2 Å². The number of nitrogens with zero attached hydrogens (tertiary/aromatic N) is 1. The number of anilines is 1. The van der Waals surface area contributed by atoms with Crippen molar-refractivity contribution < 1.29 is 4.39 Å². The second-order valence-corrected chi connectivity index (χ2v) is 3.90. The first-order valence-electron chi connectivity index (χ1n) is 4.35. The Balaban J connectivity index is 2.59. The number of nitrogens with two attached hydrogens (primary N) is 1. The molecule has 2 aromatic rings. The number of nitrogen functional groups attached to an aromatic ring is 1. The third-order valence-corrected chi connectivity index (χ3v) is 2.61. The lowest BCUT2D eigenvalue weighted by Crippen LogP contribution is -1.93. The molecule has 15 heavy (non-hydrogen) atoms. The monoisotopic (exact) mass is 266 g/mol. The minimum absolute atomic E-state index is 0.324. The molecule has 2 N–H and O–H groups in total. The van der Waals surface area contributed by atoms with E-state index < -0.39 is 0 Å². The van der Waals surface area contributed by atoms with Crippen molar-refractivity contribution in [3.8, 4) is 11.3 Å². The number of hydrogen-bond acceptors (Lipinski definition) is 2. The van der Waals surface area contributed by atoms with Gasteiger partial charge < -0.3 is 5.73 Å². The fourth-order valence-electron chi connectivity index (χ4n) is 1.30. The minimum atomic E-state index is -0.324. The molecule has 0 spiro atoms. The summed E-state index contributed by atoms with van der Waals surface area (Å²) in [5.41, 5.74) is 6.52. The smallest absolute Gasteiger partial charge is 0.146 e. The molecule has 0 atom stereocenters. The Morgan fingerprint density at radius 2 is 1.87 bits per heavy atom. The third kappa shape index (κ3) is 1.99. The van der Waals surface area contributed by atoms with Crippen LogP contribution in [0, 0.1) is 5.82 Å². The van der Waals surface area contributed by atoms with Crippen molar-refractivity contribution in [3.05, 3.63) is 46.7 Å². The predicted octanol–water partition coefficient (Wildman–Crippen LogP) is 3.23. The molecule has 0 saturated heterocycles. The molecule has 0 aliphatic carbocycles. The van der Waals surface area contributed by atoms with Crippen molar-refractivity contribution in [1.82, 2.24) is 4.98 Å². The highest BCUT2D eigenvalue weighted by atomic mass is 79.9. The van der Waals surface area contributed by atoms with E-state index in [0.29, 0.717) is 21.5 Å². The van der Waals surface area contributed by atoms with E-state index in [1.807, 2.05) is 0 Å². The molecule has 1 aromatic carbocycles. The molecule has 1 aromatic heterocycles. The fourth-order valence-corrected chi connectivity index (χ4v) is 1.67. The number of pyridine rings is 1. The van der Waals surface area contributed by atoms with Crippen LogP contribution in [-0.4, -0.2) is 4.98 Å². The van der Waals surface area contributed by atoms with Crippen LogP contribution in [0.5, 0.6) is 0 Å². The number of benzene rings is 1. The van der Waals surface area contributed by atoms with Gasteiger partial charge in [0, 0.05) is 5.56 Å². The number of aromatic nitrogens is 1. The second-order valence-electron chi connectivity index (χ2n) is 3.05. The van der Waals surface area contributed by atoms with Crippen LogP contribution in [-0.2, 0) is 0 Å². The quantitative estimate of drug-likeness (QED) is 0.861. The van der Waals surface area contributed by atoms with Gasteiger partial charge in [-0.3, -0.25) is 0 Å². The van der Waals surface area contributed by atoms with Crippen molar-refractivity contribution in [3.63, 3.8) is 0 Å². The summed E-state index contributed by atoms with van der Waals surface area (Å²) in [6.07, 6.45) is 0. The Hall–Kier alpha value is -1.42. The maximum atomic E-state index is 13.7. The van der Waals surface area contributed by atoms with Gasteiger partial charge in [0.25, 0.3) is 0 Å². The Morgan fingerprint density at radius 1 is 1.13 bits per heavy atom. The molecule has 0 fully saturated rings. The highest BCUT2D eigenvalue weighted by Crippen LogP contribution is 2.26. The van der Waals surface area contributed by atoms with Crippen LogP contribution >= 0.6 is 15.9 Å². The molecule has 4 heteroatoms. The molecule has 76 valence electrons. The molecular weight excluding hydrogens is 259 g/mol. The van der Waals surface area contributed by atoms with Crippen LogP contribution in [0.15, 0.2) is 40.9 Å². The molecule has 0 unspecified atom stereocenters. The lowest BCUT2D eigenvalue weighted by Gasteiger charge is -2.04. The molecule has 0 aliphatic heterocycles. The number of rotatable bonds is 1. The Bertz CT molecular complexity index is 500. The minimum Gasteiger partial charge on any atom is -0.384 e. The van der Waals surface area contributed by atoms with Gasteiger partial charge in [-0.15, -0.1) is 0 Å². The van der Waals surface area contributed by atoms with Crippen LogP contribution in [0.4, 0.5) is 10.2 Å². The van der Waals surface area contributed by atoms with E-state index in [2.05, 4.69) is 20.9 Å². The molecular formula is C11H8BrFN2. The van der Waals surface area contributed by atoms with E-state index in [1.54, 1.807) is 36.4 Å². The lowest BCUT2D eigenvalue weighted by molar-refractivity contribution is 0.624. The number of hydrogen-bond donors (Lipinski definition) is 1. The Kier molecular flexibility index (Phi) is 2.68. The fraction of sp³-hybridized carbons (Fsp3) is 0. The standard InChI is InChI=1S/C11H8BrFN2/c12-8-4-1-3-7(11(8)13)9-5-2-6-10(14)15-9/h1-6H,(H2,14,15). The highest BCUT2D eigenvalue weighted by Gasteiger charge is 2.08. The van der Waals surface area contributed by atoms with Crippen molar-refractivity contribution >= 4 is 21.7 Å². The first-order valence-corrected chi connectivity index (χ1v) is 5.14. The normalized spacial score (nSPS) is 10.3. The molecule has 0 saturated carbocycles. The van der Waals surface area contributed by atoms with Gasteiger partial charge in [0.15, 0.2) is 0 Å². The van der Waals surface area contributed by atoms with Crippen LogP contribution in [0.1, 0.15) is 0 Å². The summed E-state index contributed by atoms with van der Waals surface area (Å²) >= 11 is 3.13. The van der Waals surface area contributed by atoms with Crippen molar-refractivity contribution in [2.45, 2.75) is 0 Å². The highest BCUT2D eigenvalue weighted by molar-refractivity contribution is 9.10. The Morgan fingerprint density at radius 3 is 2.60 bits per heavy atom. The third-order valence-electron chi connectivity index (χ3n) is 2.00. The molecule has 0 radical (unpaired) electrons. The average Bonchev–Trinajstić information content (AvgIpc) is 2.22. The molecule has 0 aliphatic rings. The summed E-state index contributed by atoms with van der Waals surface area (Å²) in [7, 11) is 0. The van der Waals surface area contributed by atoms with Gasteiger partial charge in [0.2, 0.25) is 0 Å². The van der Waals surface area contributed by atoms with Gasteiger partial charge in [0.05, 0.1) is 10.2 Å². The van der Waals surface area contributed by atoms with Gasteiger partial charge in [-0.2, -0.15) is 0 Å². The first kappa shape index (κ1) is 10.1. The van der Waals surface area contributed by atoms with Gasteiger partial charge in [-0.1, -0.05) is 12.1 Å². The van der Waals surface area contributed by atoms with E-state index in [4.69, 9.17) is 5.73 Å². The predicted molar refractivity (Wildman–Crippen MR) is 61.7 cm³/mol. The van der Waals surface area contributed by atoms with Crippen molar-refractivity contribution in [1.29, 1.82) is 0 Å². The second kappa shape index (κ2) is 3.98. The number of halogens is 2.